The highest BCUT2D eigenvalue weighted by Gasteiger charge is 2.34. The Morgan fingerprint density at radius 3 is 2.83 bits per heavy atom. The van der Waals surface area contributed by atoms with Crippen molar-refractivity contribution in [2.24, 2.45) is 11.8 Å². The molecule has 0 aromatic heterocycles. The lowest BCUT2D eigenvalue weighted by atomic mass is 9.75. The topological polar surface area (TPSA) is 76.7 Å². The fraction of sp³-hybridized carbons (Fsp3) is 0.588. The summed E-state index contributed by atoms with van der Waals surface area (Å²) in [6.07, 6.45) is 6.58. The van der Waals surface area contributed by atoms with Crippen LogP contribution in [0.3, 0.4) is 0 Å². The number of amides is 1. The number of non-ortho nitro benzene ring substituents is 1. The van der Waals surface area contributed by atoms with Crippen molar-refractivity contribution in [2.75, 3.05) is 25.0 Å². The zero-order valence-electron chi connectivity index (χ0n) is 13.3. The summed E-state index contributed by atoms with van der Waals surface area (Å²) in [6, 6.07) is 6.11. The van der Waals surface area contributed by atoms with Crippen LogP contribution in [0.15, 0.2) is 24.3 Å². The van der Waals surface area contributed by atoms with Crippen molar-refractivity contribution >= 4 is 17.3 Å². The molecule has 6 nitrogen and oxygen atoms in total. The van der Waals surface area contributed by atoms with Crippen molar-refractivity contribution in [3.8, 4) is 0 Å². The third-order valence-electron chi connectivity index (χ3n) is 5.24. The first kappa shape index (κ1) is 15.9. The predicted octanol–water partition coefficient (Wildman–Crippen LogP) is 1.63. The highest BCUT2D eigenvalue weighted by atomic mass is 16.6. The smallest absolute Gasteiger partial charge is 0.279 e. The Morgan fingerprint density at radius 1 is 1.26 bits per heavy atom. The molecular weight excluding hydrogens is 294 g/mol. The summed E-state index contributed by atoms with van der Waals surface area (Å²) in [6.45, 7) is 2.60. The summed E-state index contributed by atoms with van der Waals surface area (Å²) >= 11 is 0. The van der Waals surface area contributed by atoms with Crippen LogP contribution < -0.4 is 10.2 Å². The summed E-state index contributed by atoms with van der Waals surface area (Å²) < 4.78 is 0. The van der Waals surface area contributed by atoms with Crippen LogP contribution in [-0.4, -0.2) is 30.5 Å². The van der Waals surface area contributed by atoms with E-state index in [1.54, 1.807) is 12.1 Å². The van der Waals surface area contributed by atoms with Gasteiger partial charge < -0.3 is 10.2 Å². The Labute approximate surface area is 136 Å². The molecule has 0 radical (unpaired) electrons. The van der Waals surface area contributed by atoms with Crippen molar-refractivity contribution in [2.45, 2.75) is 32.1 Å². The summed E-state index contributed by atoms with van der Waals surface area (Å²) in [7, 11) is 0. The summed E-state index contributed by atoms with van der Waals surface area (Å²) in [5, 5.41) is 13.6. The van der Waals surface area contributed by atoms with Crippen LogP contribution in [0.2, 0.25) is 0 Å². The van der Waals surface area contributed by atoms with E-state index in [4.69, 9.17) is 0 Å². The zero-order chi connectivity index (χ0) is 16.2. The van der Waals surface area contributed by atoms with E-state index in [0.717, 1.165) is 24.9 Å². The Bertz CT molecular complexity index is 590. The van der Waals surface area contributed by atoms with Crippen LogP contribution in [0.1, 0.15) is 32.1 Å². The van der Waals surface area contributed by atoms with Gasteiger partial charge in [-0.1, -0.05) is 18.9 Å². The molecule has 1 unspecified atom stereocenters. The average molecular weight is 318 g/mol. The number of piperidine rings is 1. The quantitative estimate of drug-likeness (QED) is 0.654. The second-order valence-corrected chi connectivity index (χ2v) is 6.83. The molecular formula is C17H24N3O3+. The highest BCUT2D eigenvalue weighted by molar-refractivity contribution is 5.91. The monoisotopic (exact) mass is 318 g/mol. The van der Waals surface area contributed by atoms with Crippen molar-refractivity contribution in [3.63, 3.8) is 0 Å². The first-order valence-electron chi connectivity index (χ1n) is 8.49. The molecule has 3 atom stereocenters. The number of nitrogens with zero attached hydrogens (tertiary/aromatic N) is 1. The molecule has 2 N–H and O–H groups in total. The van der Waals surface area contributed by atoms with Crippen LogP contribution in [0.5, 0.6) is 0 Å². The molecule has 1 heterocycles. The molecule has 1 saturated carbocycles. The predicted molar refractivity (Wildman–Crippen MR) is 87.4 cm³/mol. The normalized spacial score (nSPS) is 27.0. The lowest BCUT2D eigenvalue weighted by Gasteiger charge is -2.38. The second kappa shape index (κ2) is 7.08. The van der Waals surface area contributed by atoms with Gasteiger partial charge >= 0.3 is 0 Å². The van der Waals surface area contributed by atoms with Crippen LogP contribution in [0, 0.1) is 22.0 Å². The maximum absolute atomic E-state index is 12.2. The van der Waals surface area contributed by atoms with Gasteiger partial charge in [0.1, 0.15) is 0 Å². The Balaban J connectivity index is 1.53. The average Bonchev–Trinajstić information content (AvgIpc) is 2.55. The number of nitro benzene ring substituents is 1. The minimum absolute atomic E-state index is 0.00170. The fourth-order valence-corrected chi connectivity index (χ4v) is 4.09. The van der Waals surface area contributed by atoms with Crippen LogP contribution >= 0.6 is 0 Å². The molecule has 1 aliphatic heterocycles. The number of carbonyl (C=O) groups excluding carboxylic acids is 1. The Hall–Kier alpha value is -1.95. The molecule has 23 heavy (non-hydrogen) atoms. The molecule has 3 rings (SSSR count). The zero-order valence-corrected chi connectivity index (χ0v) is 13.3. The first-order valence-corrected chi connectivity index (χ1v) is 8.49. The molecule has 1 aliphatic carbocycles. The minimum atomic E-state index is -0.450. The van der Waals surface area contributed by atoms with Crippen molar-refractivity contribution < 1.29 is 14.6 Å². The number of nitrogens with one attached hydrogen (secondary N) is 2. The molecule has 1 amide bonds. The molecule has 2 aliphatic rings. The molecule has 1 aromatic rings. The van der Waals surface area contributed by atoms with Gasteiger partial charge in [-0.25, -0.2) is 0 Å². The van der Waals surface area contributed by atoms with E-state index in [0.29, 0.717) is 12.2 Å². The second-order valence-electron chi connectivity index (χ2n) is 6.83. The number of nitro groups is 1. The highest BCUT2D eigenvalue weighted by Crippen LogP contribution is 2.32. The van der Waals surface area contributed by atoms with E-state index in [1.165, 1.54) is 49.1 Å². The largest absolute Gasteiger partial charge is 0.327 e. The van der Waals surface area contributed by atoms with E-state index in [2.05, 4.69) is 5.32 Å². The summed E-state index contributed by atoms with van der Waals surface area (Å²) in [4.78, 5) is 23.9. The van der Waals surface area contributed by atoms with Gasteiger partial charge in [0.15, 0.2) is 6.54 Å². The number of rotatable bonds is 4. The maximum atomic E-state index is 12.2. The molecule has 0 spiro atoms. The minimum Gasteiger partial charge on any atom is -0.327 e. The number of hydrogen-bond donors (Lipinski definition) is 2. The summed E-state index contributed by atoms with van der Waals surface area (Å²) in [5.74, 6) is 1.58. The Kier molecular flexibility index (Phi) is 4.91. The molecule has 0 bridgehead atoms. The van der Waals surface area contributed by atoms with Crippen molar-refractivity contribution in [3.05, 3.63) is 34.4 Å². The van der Waals surface area contributed by atoms with E-state index in [9.17, 15) is 14.9 Å². The van der Waals surface area contributed by atoms with Gasteiger partial charge in [-0.3, -0.25) is 14.9 Å². The van der Waals surface area contributed by atoms with Gasteiger partial charge in [0.25, 0.3) is 11.6 Å². The number of likely N-dealkylation sites (tertiary alicyclic amines) is 1. The number of hydrogen-bond acceptors (Lipinski definition) is 3. The maximum Gasteiger partial charge on any atom is 0.279 e. The first-order chi connectivity index (χ1) is 11.1. The number of fused-ring (bicyclic) bond motifs is 1. The standard InChI is InChI=1S/C17H23N3O3/c21-17(18-15-6-3-7-16(10-15)20(22)23)12-19-9-8-13-4-1-2-5-14(13)11-19/h3,6-7,10,13-14H,1-2,4-5,8-9,11-12H2,(H,18,21)/p+1/t13-,14+/m0/s1. The number of carbonyl (C=O) groups is 1. The van der Waals surface area contributed by atoms with Gasteiger partial charge in [0.2, 0.25) is 0 Å². The lowest BCUT2D eigenvalue weighted by Crippen LogP contribution is -3.15. The molecule has 6 heteroatoms. The van der Waals surface area contributed by atoms with Gasteiger partial charge in [-0.2, -0.15) is 0 Å². The number of benzene rings is 1. The lowest BCUT2D eigenvalue weighted by molar-refractivity contribution is -0.902. The number of quaternary nitrogens is 1. The molecule has 2 fully saturated rings. The van der Waals surface area contributed by atoms with Crippen LogP contribution in [0.4, 0.5) is 11.4 Å². The SMILES string of the molecule is O=C(C[NH+]1CC[C@@H]2CCCC[C@@H]2C1)Nc1cccc([N+](=O)[O-])c1. The Morgan fingerprint density at radius 2 is 2.04 bits per heavy atom. The summed E-state index contributed by atoms with van der Waals surface area (Å²) in [5.41, 5.74) is 0.495. The van der Waals surface area contributed by atoms with Crippen molar-refractivity contribution in [1.29, 1.82) is 0 Å². The third kappa shape index (κ3) is 4.07. The fourth-order valence-electron chi connectivity index (χ4n) is 4.09. The van der Waals surface area contributed by atoms with Crippen LogP contribution in [0.25, 0.3) is 0 Å². The third-order valence-corrected chi connectivity index (χ3v) is 5.24. The van der Waals surface area contributed by atoms with E-state index < -0.39 is 4.92 Å². The number of anilines is 1. The van der Waals surface area contributed by atoms with E-state index in [-0.39, 0.29) is 11.6 Å². The van der Waals surface area contributed by atoms with Crippen LogP contribution in [-0.2, 0) is 4.79 Å². The molecule has 1 aromatic carbocycles. The van der Waals surface area contributed by atoms with Gasteiger partial charge in [-0.05, 0) is 31.2 Å². The van der Waals surface area contributed by atoms with Gasteiger partial charge in [0, 0.05) is 23.7 Å². The van der Waals surface area contributed by atoms with E-state index in [1.807, 2.05) is 0 Å². The van der Waals surface area contributed by atoms with Crippen molar-refractivity contribution in [1.82, 2.24) is 0 Å². The van der Waals surface area contributed by atoms with Gasteiger partial charge in [0.05, 0.1) is 18.0 Å². The van der Waals surface area contributed by atoms with E-state index >= 15 is 0 Å². The molecule has 1 saturated heterocycles. The molecule has 124 valence electrons. The van der Waals surface area contributed by atoms with Gasteiger partial charge in [-0.15, -0.1) is 0 Å².